The largest absolute Gasteiger partial charge is 0.493 e. The number of methoxy groups -OCH3 is 3. The van der Waals surface area contributed by atoms with Crippen LogP contribution in [0.25, 0.3) is 0 Å². The molecule has 0 spiro atoms. The number of hydrogen-bond acceptors (Lipinski definition) is 6. The van der Waals surface area contributed by atoms with Gasteiger partial charge in [-0.15, -0.1) is 5.10 Å². The van der Waals surface area contributed by atoms with Crippen molar-refractivity contribution in [3.63, 3.8) is 0 Å². The Kier molecular flexibility index (Phi) is 6.95. The van der Waals surface area contributed by atoms with Crippen molar-refractivity contribution in [3.8, 4) is 17.2 Å². The molecule has 0 saturated heterocycles. The normalized spacial score (nSPS) is 11.4. The summed E-state index contributed by atoms with van der Waals surface area (Å²) in [6, 6.07) is 21.8. The summed E-state index contributed by atoms with van der Waals surface area (Å²) in [6.45, 7) is 0. The number of carbonyl (C=O) groups is 1. The Balaban J connectivity index is 2.01. The predicted octanol–water partition coefficient (Wildman–Crippen LogP) is 4.42. The standard InChI is InChI=1S/C24H22N2O4/c1-28-20-15-14-19(23(29-2)24(20)30-3)16-25-26-21(17-10-6-4-7-11-17)22(27)18-12-8-5-9-13-18/h4-16H,1-3H3. The van der Waals surface area contributed by atoms with E-state index >= 15 is 0 Å². The van der Waals surface area contributed by atoms with Crippen molar-refractivity contribution in [3.05, 3.63) is 89.5 Å². The first kappa shape index (κ1) is 20.8. The molecule has 0 fully saturated rings. The number of rotatable bonds is 8. The quantitative estimate of drug-likeness (QED) is 0.318. The van der Waals surface area contributed by atoms with Gasteiger partial charge in [0.1, 0.15) is 5.71 Å². The summed E-state index contributed by atoms with van der Waals surface area (Å²) in [7, 11) is 4.62. The van der Waals surface area contributed by atoms with Crippen LogP contribution in [0.3, 0.4) is 0 Å². The molecule has 3 rings (SSSR count). The van der Waals surface area contributed by atoms with Gasteiger partial charge in [0.2, 0.25) is 11.5 Å². The van der Waals surface area contributed by atoms with Crippen molar-refractivity contribution in [2.75, 3.05) is 21.3 Å². The Morgan fingerprint density at radius 2 is 1.33 bits per heavy atom. The highest BCUT2D eigenvalue weighted by atomic mass is 16.5. The highest BCUT2D eigenvalue weighted by Crippen LogP contribution is 2.39. The zero-order chi connectivity index (χ0) is 21.3. The van der Waals surface area contributed by atoms with Gasteiger partial charge in [0.05, 0.1) is 27.5 Å². The summed E-state index contributed by atoms with van der Waals surface area (Å²) < 4.78 is 16.1. The second-order valence-electron chi connectivity index (χ2n) is 6.18. The molecule has 0 atom stereocenters. The van der Waals surface area contributed by atoms with Crippen molar-refractivity contribution in [1.82, 2.24) is 0 Å². The van der Waals surface area contributed by atoms with Crippen molar-refractivity contribution < 1.29 is 19.0 Å². The summed E-state index contributed by atoms with van der Waals surface area (Å²) in [5, 5.41) is 8.42. The minimum absolute atomic E-state index is 0.210. The van der Waals surface area contributed by atoms with Gasteiger partial charge in [-0.1, -0.05) is 60.7 Å². The fourth-order valence-corrected chi connectivity index (χ4v) is 2.93. The lowest BCUT2D eigenvalue weighted by Crippen LogP contribution is -2.15. The Hall–Kier alpha value is -3.93. The van der Waals surface area contributed by atoms with Gasteiger partial charge in [-0.25, -0.2) is 0 Å². The molecule has 0 unspecified atom stereocenters. The van der Waals surface area contributed by atoms with Crippen LogP contribution >= 0.6 is 0 Å². The van der Waals surface area contributed by atoms with E-state index in [9.17, 15) is 4.79 Å². The lowest BCUT2D eigenvalue weighted by molar-refractivity contribution is 0.106. The van der Waals surface area contributed by atoms with Gasteiger partial charge < -0.3 is 14.2 Å². The second kappa shape index (κ2) is 10.0. The van der Waals surface area contributed by atoms with E-state index in [1.54, 1.807) is 31.4 Å². The van der Waals surface area contributed by atoms with E-state index in [0.29, 0.717) is 33.9 Å². The maximum atomic E-state index is 13.0. The van der Waals surface area contributed by atoms with Crippen LogP contribution in [-0.2, 0) is 0 Å². The van der Waals surface area contributed by atoms with Gasteiger partial charge in [0.25, 0.3) is 0 Å². The van der Waals surface area contributed by atoms with Crippen LogP contribution in [-0.4, -0.2) is 39.0 Å². The van der Waals surface area contributed by atoms with E-state index in [1.165, 1.54) is 20.4 Å². The van der Waals surface area contributed by atoms with Gasteiger partial charge >= 0.3 is 0 Å². The van der Waals surface area contributed by atoms with E-state index in [-0.39, 0.29) is 11.5 Å². The zero-order valence-electron chi connectivity index (χ0n) is 17.0. The molecule has 0 bridgehead atoms. The van der Waals surface area contributed by atoms with Crippen LogP contribution in [0.1, 0.15) is 21.5 Å². The number of benzene rings is 3. The summed E-state index contributed by atoms with van der Waals surface area (Å²) in [4.78, 5) is 13.0. The molecule has 0 radical (unpaired) electrons. The molecule has 6 nitrogen and oxygen atoms in total. The Morgan fingerprint density at radius 1 is 0.733 bits per heavy atom. The van der Waals surface area contributed by atoms with Crippen molar-refractivity contribution in [1.29, 1.82) is 0 Å². The molecule has 3 aromatic carbocycles. The Morgan fingerprint density at radius 3 is 1.90 bits per heavy atom. The monoisotopic (exact) mass is 402 g/mol. The first-order valence-electron chi connectivity index (χ1n) is 9.24. The number of Topliss-reactive ketones (excluding diaryl/α,β-unsaturated/α-hetero) is 1. The zero-order valence-corrected chi connectivity index (χ0v) is 17.0. The van der Waals surface area contributed by atoms with Gasteiger partial charge in [0.15, 0.2) is 11.5 Å². The molecule has 0 aromatic heterocycles. The molecule has 0 amide bonds. The van der Waals surface area contributed by atoms with Crippen LogP contribution in [0, 0.1) is 0 Å². The van der Waals surface area contributed by atoms with E-state index < -0.39 is 0 Å². The lowest BCUT2D eigenvalue weighted by atomic mass is 10.0. The maximum Gasteiger partial charge on any atom is 0.213 e. The third kappa shape index (κ3) is 4.55. The summed E-state index contributed by atoms with van der Waals surface area (Å²) >= 11 is 0. The fraction of sp³-hybridized carbons (Fsp3) is 0.125. The molecule has 0 N–H and O–H groups in total. The van der Waals surface area contributed by atoms with Crippen molar-refractivity contribution in [2.24, 2.45) is 10.2 Å². The van der Waals surface area contributed by atoms with Gasteiger partial charge in [-0.2, -0.15) is 5.10 Å². The van der Waals surface area contributed by atoms with Crippen molar-refractivity contribution in [2.45, 2.75) is 0 Å². The van der Waals surface area contributed by atoms with Crippen LogP contribution in [0.4, 0.5) is 0 Å². The number of ketones is 1. The van der Waals surface area contributed by atoms with Gasteiger partial charge in [0, 0.05) is 16.7 Å². The third-order valence-electron chi connectivity index (χ3n) is 4.39. The van der Waals surface area contributed by atoms with Crippen LogP contribution in [0.5, 0.6) is 17.2 Å². The van der Waals surface area contributed by atoms with E-state index in [2.05, 4.69) is 10.2 Å². The topological polar surface area (TPSA) is 69.5 Å². The molecule has 30 heavy (non-hydrogen) atoms. The van der Waals surface area contributed by atoms with Crippen LogP contribution in [0.15, 0.2) is 83.0 Å². The minimum Gasteiger partial charge on any atom is -0.493 e. The number of hydrogen-bond donors (Lipinski definition) is 0. The molecular weight excluding hydrogens is 380 g/mol. The smallest absolute Gasteiger partial charge is 0.213 e. The molecule has 0 saturated carbocycles. The number of ether oxygens (including phenoxy) is 3. The Bertz CT molecular complexity index is 1060. The highest BCUT2D eigenvalue weighted by molar-refractivity contribution is 6.51. The summed E-state index contributed by atoms with van der Waals surface area (Å²) in [6.07, 6.45) is 1.52. The molecule has 0 aliphatic rings. The lowest BCUT2D eigenvalue weighted by Gasteiger charge is -2.13. The Labute approximate surface area is 175 Å². The molecule has 152 valence electrons. The molecule has 0 heterocycles. The maximum absolute atomic E-state index is 13.0. The molecule has 0 aliphatic heterocycles. The fourth-order valence-electron chi connectivity index (χ4n) is 2.93. The SMILES string of the molecule is COc1ccc(C=NN=C(C(=O)c2ccccc2)c2ccccc2)c(OC)c1OC. The van der Waals surface area contributed by atoms with Gasteiger partial charge in [-0.05, 0) is 12.1 Å². The number of carbonyl (C=O) groups excluding carboxylic acids is 1. The highest BCUT2D eigenvalue weighted by Gasteiger charge is 2.17. The van der Waals surface area contributed by atoms with Gasteiger partial charge in [-0.3, -0.25) is 4.79 Å². The average Bonchev–Trinajstić information content (AvgIpc) is 2.81. The second-order valence-corrected chi connectivity index (χ2v) is 6.18. The van der Waals surface area contributed by atoms with E-state index in [4.69, 9.17) is 14.2 Å². The molecule has 6 heteroatoms. The molecule has 0 aliphatic carbocycles. The van der Waals surface area contributed by atoms with Crippen molar-refractivity contribution >= 4 is 17.7 Å². The first-order valence-corrected chi connectivity index (χ1v) is 9.24. The van der Waals surface area contributed by atoms with Crippen LogP contribution < -0.4 is 14.2 Å². The minimum atomic E-state index is -0.210. The number of nitrogens with zero attached hydrogens (tertiary/aromatic N) is 2. The third-order valence-corrected chi connectivity index (χ3v) is 4.39. The van der Waals surface area contributed by atoms with E-state index in [1.807, 2.05) is 48.5 Å². The summed E-state index contributed by atoms with van der Waals surface area (Å²) in [5.41, 5.74) is 2.11. The molecular formula is C24H22N2O4. The predicted molar refractivity (Wildman–Crippen MR) is 117 cm³/mol. The van der Waals surface area contributed by atoms with Crippen LogP contribution in [0.2, 0.25) is 0 Å². The average molecular weight is 402 g/mol. The molecule has 3 aromatic rings. The summed E-state index contributed by atoms with van der Waals surface area (Å²) in [5.74, 6) is 1.25. The first-order chi connectivity index (χ1) is 14.7. The van der Waals surface area contributed by atoms with E-state index in [0.717, 1.165) is 0 Å².